The van der Waals surface area contributed by atoms with Gasteiger partial charge in [-0.3, -0.25) is 0 Å². The van der Waals surface area contributed by atoms with Crippen LogP contribution in [0.1, 0.15) is 22.3 Å². The Hall–Kier alpha value is -8.30. The maximum absolute atomic E-state index is 2.60. The first kappa shape index (κ1) is 39.1. The number of thiophene rings is 1. The van der Waals surface area contributed by atoms with Crippen molar-refractivity contribution in [2.24, 2.45) is 0 Å². The summed E-state index contributed by atoms with van der Waals surface area (Å²) in [6.45, 7) is 0. The van der Waals surface area contributed by atoms with Crippen molar-refractivity contribution < 1.29 is 0 Å². The lowest BCUT2D eigenvalue weighted by molar-refractivity contribution is 0.768. The molecule has 0 atom stereocenters. The van der Waals surface area contributed by atoms with Crippen LogP contribution in [0.15, 0.2) is 261 Å². The average molecular weight is 870 g/mol. The van der Waals surface area contributed by atoms with Crippen LogP contribution in [0.4, 0.5) is 17.1 Å². The molecule has 0 spiro atoms. The highest BCUT2D eigenvalue weighted by atomic mass is 32.1. The van der Waals surface area contributed by atoms with Crippen LogP contribution in [-0.2, 0) is 5.41 Å². The minimum absolute atomic E-state index is 0.555. The number of benzene rings is 11. The predicted octanol–water partition coefficient (Wildman–Crippen LogP) is 18.0. The lowest BCUT2D eigenvalue weighted by atomic mass is 9.68. The molecule has 0 amide bonds. The van der Waals surface area contributed by atoms with Crippen molar-refractivity contribution in [3.8, 4) is 44.5 Å². The van der Waals surface area contributed by atoms with Gasteiger partial charge in [0.05, 0.1) is 22.5 Å². The minimum Gasteiger partial charge on any atom is -0.309 e. The number of hydrogen-bond acceptors (Lipinski definition) is 2. The normalized spacial score (nSPS) is 12.6. The van der Waals surface area contributed by atoms with E-state index >= 15 is 0 Å². The zero-order chi connectivity index (χ0) is 44.3. The van der Waals surface area contributed by atoms with E-state index < -0.39 is 5.41 Å². The summed E-state index contributed by atoms with van der Waals surface area (Å²) in [6, 6.07) is 96.4. The fraction of sp³-hybridized carbons (Fsp3) is 0.0154. The Morgan fingerprint density at radius 2 is 0.851 bits per heavy atom. The van der Waals surface area contributed by atoms with E-state index in [0.29, 0.717) is 0 Å². The van der Waals surface area contributed by atoms with E-state index in [-0.39, 0.29) is 0 Å². The van der Waals surface area contributed by atoms with Gasteiger partial charge in [-0.1, -0.05) is 237 Å². The van der Waals surface area contributed by atoms with Crippen molar-refractivity contribution in [2.75, 3.05) is 4.90 Å². The van der Waals surface area contributed by atoms with Gasteiger partial charge in [0.15, 0.2) is 0 Å². The Morgan fingerprint density at radius 3 is 1.57 bits per heavy atom. The van der Waals surface area contributed by atoms with Crippen molar-refractivity contribution in [1.82, 2.24) is 0 Å². The summed E-state index contributed by atoms with van der Waals surface area (Å²) < 4.78 is 2.55. The van der Waals surface area contributed by atoms with Crippen molar-refractivity contribution >= 4 is 59.3 Å². The van der Waals surface area contributed by atoms with E-state index in [1.807, 2.05) is 11.3 Å². The second-order valence-corrected chi connectivity index (χ2v) is 18.5. The van der Waals surface area contributed by atoms with Gasteiger partial charge in [-0.2, -0.15) is 0 Å². The molecule has 13 rings (SSSR count). The van der Waals surface area contributed by atoms with Crippen molar-refractivity contribution in [1.29, 1.82) is 0 Å². The first-order chi connectivity index (χ1) is 33.3. The third-order valence-electron chi connectivity index (χ3n) is 13.9. The minimum atomic E-state index is -0.555. The van der Waals surface area contributed by atoms with Crippen LogP contribution in [0.5, 0.6) is 0 Å². The number of fused-ring (bicyclic) bond motifs is 7. The topological polar surface area (TPSA) is 3.24 Å². The largest absolute Gasteiger partial charge is 0.309 e. The Balaban J connectivity index is 1.17. The first-order valence-electron chi connectivity index (χ1n) is 23.1. The summed E-state index contributed by atoms with van der Waals surface area (Å²) in [6.07, 6.45) is 0. The van der Waals surface area contributed by atoms with Crippen LogP contribution < -0.4 is 4.90 Å². The fourth-order valence-corrected chi connectivity index (χ4v) is 12.5. The summed E-state index contributed by atoms with van der Waals surface area (Å²) in [7, 11) is 0. The summed E-state index contributed by atoms with van der Waals surface area (Å²) in [4.78, 5) is 2.60. The van der Waals surface area contributed by atoms with E-state index in [2.05, 4.69) is 266 Å². The van der Waals surface area contributed by atoms with Gasteiger partial charge in [0.1, 0.15) is 0 Å². The van der Waals surface area contributed by atoms with Gasteiger partial charge in [-0.05, 0) is 90.7 Å². The Bertz CT molecular complexity index is 3760. The Morgan fingerprint density at radius 1 is 0.313 bits per heavy atom. The second-order valence-electron chi connectivity index (χ2n) is 17.5. The van der Waals surface area contributed by atoms with Crippen LogP contribution in [-0.4, -0.2) is 0 Å². The maximum atomic E-state index is 2.60. The van der Waals surface area contributed by atoms with Crippen molar-refractivity contribution in [3.63, 3.8) is 0 Å². The van der Waals surface area contributed by atoms with Gasteiger partial charge in [0.2, 0.25) is 0 Å². The van der Waals surface area contributed by atoms with Gasteiger partial charge >= 0.3 is 0 Å². The van der Waals surface area contributed by atoms with E-state index in [1.54, 1.807) is 0 Å². The number of nitrogens with zero attached hydrogens (tertiary/aromatic N) is 1. The number of anilines is 3. The monoisotopic (exact) mass is 869 g/mol. The molecule has 0 fully saturated rings. The van der Waals surface area contributed by atoms with E-state index in [4.69, 9.17) is 0 Å². The maximum Gasteiger partial charge on any atom is 0.0714 e. The lowest BCUT2D eigenvalue weighted by Crippen LogP contribution is -2.28. The highest BCUT2D eigenvalue weighted by Crippen LogP contribution is 2.61. The Labute approximate surface area is 395 Å². The number of rotatable bonds is 8. The molecule has 1 aliphatic carbocycles. The lowest BCUT2D eigenvalue weighted by Gasteiger charge is -2.35. The zero-order valence-corrected chi connectivity index (χ0v) is 37.5. The SMILES string of the molecule is c1ccc(-c2cccc3c2sc2c(-c4ccccc4)ccc(N(c4ccccc4-c4ccc5ccccc5c4)c4cccc5c4-c4ccccc4C5(c4ccccc4)c4ccccc4)c23)cc1. The molecular formula is C65H43NS. The van der Waals surface area contributed by atoms with Gasteiger partial charge in [-0.25, -0.2) is 0 Å². The molecule has 67 heavy (non-hydrogen) atoms. The number of para-hydroxylation sites is 1. The van der Waals surface area contributed by atoms with Gasteiger partial charge in [0.25, 0.3) is 0 Å². The van der Waals surface area contributed by atoms with Crippen LogP contribution in [0, 0.1) is 0 Å². The summed E-state index contributed by atoms with van der Waals surface area (Å²) in [5.41, 5.74) is 17.6. The molecule has 1 aliphatic rings. The van der Waals surface area contributed by atoms with Crippen molar-refractivity contribution in [3.05, 3.63) is 283 Å². The molecule has 0 bridgehead atoms. The van der Waals surface area contributed by atoms with E-state index in [1.165, 1.54) is 97.7 Å². The average Bonchev–Trinajstić information content (AvgIpc) is 3.95. The Kier molecular flexibility index (Phi) is 9.33. The standard InChI is InChI=1S/C65H43NS/c1-5-22-45(23-6-1)52-33-19-34-55-62-60(42-41-53(64(62)67-63(52)55)46-24-7-2-8-25-46)66(58-37-18-16-31-51(58)48-40-39-44-21-13-14-26-47(44)43-48)59-38-20-36-57-61(59)54-32-15-17-35-56(54)65(57,49-27-9-3-10-28-49)50-29-11-4-12-30-50/h1-43H. The quantitative estimate of drug-likeness (QED) is 0.147. The third kappa shape index (κ3) is 6.14. The smallest absolute Gasteiger partial charge is 0.0714 e. The summed E-state index contributed by atoms with van der Waals surface area (Å²) in [5.74, 6) is 0. The fourth-order valence-electron chi connectivity index (χ4n) is 11.1. The highest BCUT2D eigenvalue weighted by Gasteiger charge is 2.47. The molecule has 0 saturated heterocycles. The highest BCUT2D eigenvalue weighted by molar-refractivity contribution is 7.27. The molecule has 314 valence electrons. The van der Waals surface area contributed by atoms with Crippen molar-refractivity contribution in [2.45, 2.75) is 5.41 Å². The zero-order valence-electron chi connectivity index (χ0n) is 36.7. The molecule has 0 N–H and O–H groups in total. The van der Waals surface area contributed by atoms with E-state index in [0.717, 1.165) is 17.1 Å². The predicted molar refractivity (Wildman–Crippen MR) is 285 cm³/mol. The van der Waals surface area contributed by atoms with Gasteiger partial charge < -0.3 is 4.90 Å². The van der Waals surface area contributed by atoms with Crippen LogP contribution in [0.3, 0.4) is 0 Å². The van der Waals surface area contributed by atoms with E-state index in [9.17, 15) is 0 Å². The number of hydrogen-bond donors (Lipinski definition) is 0. The molecule has 1 nitrogen and oxygen atoms in total. The third-order valence-corrected chi connectivity index (χ3v) is 15.2. The summed E-state index contributed by atoms with van der Waals surface area (Å²) >= 11 is 1.91. The molecule has 0 aliphatic heterocycles. The first-order valence-corrected chi connectivity index (χ1v) is 23.9. The summed E-state index contributed by atoms with van der Waals surface area (Å²) in [5, 5.41) is 4.94. The van der Waals surface area contributed by atoms with Crippen LogP contribution in [0.25, 0.3) is 75.5 Å². The molecule has 11 aromatic carbocycles. The van der Waals surface area contributed by atoms with Gasteiger partial charge in [-0.15, -0.1) is 11.3 Å². The molecule has 1 heterocycles. The molecule has 2 heteroatoms. The molecule has 0 unspecified atom stereocenters. The molecule has 0 saturated carbocycles. The van der Waals surface area contributed by atoms with Crippen LogP contribution in [0.2, 0.25) is 0 Å². The van der Waals surface area contributed by atoms with Crippen LogP contribution >= 0.6 is 11.3 Å². The molecule has 1 aromatic heterocycles. The molecule has 0 radical (unpaired) electrons. The second kappa shape index (κ2) is 16.0. The molecular weight excluding hydrogens is 827 g/mol. The molecule has 12 aromatic rings. The van der Waals surface area contributed by atoms with Gasteiger partial charge in [0, 0.05) is 31.3 Å².